The molecule has 0 radical (unpaired) electrons. The largest absolute Gasteiger partial charge is 0.339 e. The van der Waals surface area contributed by atoms with Gasteiger partial charge in [0, 0.05) is 49.1 Å². The summed E-state index contributed by atoms with van der Waals surface area (Å²) in [5.74, 6) is -1.60. The summed E-state index contributed by atoms with van der Waals surface area (Å²) in [6, 6.07) is 8.42. The maximum absolute atomic E-state index is 13.9. The first-order valence-corrected chi connectivity index (χ1v) is 12.2. The van der Waals surface area contributed by atoms with Crippen molar-refractivity contribution in [3.63, 3.8) is 0 Å². The fourth-order valence-electron chi connectivity index (χ4n) is 3.35. The highest BCUT2D eigenvalue weighted by molar-refractivity contribution is 8.00. The number of non-ortho nitro benzene ring substituents is 1. The van der Waals surface area contributed by atoms with Gasteiger partial charge in [-0.1, -0.05) is 12.1 Å². The van der Waals surface area contributed by atoms with Crippen molar-refractivity contribution in [3.8, 4) is 0 Å². The Labute approximate surface area is 188 Å². The normalized spacial score (nSPS) is 16.0. The fourth-order valence-corrected chi connectivity index (χ4v) is 5.78. The van der Waals surface area contributed by atoms with Gasteiger partial charge in [-0.05, 0) is 25.1 Å². The van der Waals surface area contributed by atoms with Crippen LogP contribution in [0.5, 0.6) is 0 Å². The first kappa shape index (κ1) is 24.1. The highest BCUT2D eigenvalue weighted by atomic mass is 32.2. The molecule has 8 nitrogen and oxygen atoms in total. The summed E-state index contributed by atoms with van der Waals surface area (Å²) in [5, 5.41) is 10.3. The second-order valence-corrected chi connectivity index (χ2v) is 10.4. The minimum Gasteiger partial charge on any atom is -0.339 e. The topological polar surface area (TPSA) is 101 Å². The molecule has 2 aromatic carbocycles. The zero-order chi connectivity index (χ0) is 23.5. The maximum atomic E-state index is 13.9. The molecule has 1 fully saturated rings. The van der Waals surface area contributed by atoms with E-state index in [0.29, 0.717) is 0 Å². The Kier molecular flexibility index (Phi) is 7.47. The molecular weight excluding hydrogens is 464 g/mol. The summed E-state index contributed by atoms with van der Waals surface area (Å²) >= 11 is 1.10. The monoisotopic (exact) mass is 485 g/mol. The van der Waals surface area contributed by atoms with Crippen molar-refractivity contribution in [3.05, 3.63) is 69.8 Å². The van der Waals surface area contributed by atoms with Gasteiger partial charge >= 0.3 is 0 Å². The van der Waals surface area contributed by atoms with Gasteiger partial charge in [-0.2, -0.15) is 4.31 Å². The number of carbonyl (C=O) groups excluding carboxylic acids is 1. The molecule has 12 heteroatoms. The van der Waals surface area contributed by atoms with Crippen LogP contribution >= 0.6 is 11.8 Å². The molecule has 0 bridgehead atoms. The second kappa shape index (κ2) is 9.92. The van der Waals surface area contributed by atoms with Gasteiger partial charge in [0.15, 0.2) is 0 Å². The Bertz CT molecular complexity index is 1100. The smallest absolute Gasteiger partial charge is 0.270 e. The molecule has 2 aromatic rings. The number of rotatable bonds is 7. The summed E-state index contributed by atoms with van der Waals surface area (Å²) in [4.78, 5) is 24.1. The molecule has 3 rings (SSSR count). The molecule has 172 valence electrons. The van der Waals surface area contributed by atoms with Gasteiger partial charge in [-0.25, -0.2) is 17.2 Å². The summed E-state index contributed by atoms with van der Waals surface area (Å²) < 4.78 is 54.6. The lowest BCUT2D eigenvalue weighted by atomic mass is 10.1. The van der Waals surface area contributed by atoms with Crippen LogP contribution in [0.3, 0.4) is 0 Å². The van der Waals surface area contributed by atoms with Gasteiger partial charge in [0.2, 0.25) is 15.9 Å². The SMILES string of the molecule is CC(SCC(=O)N1CCN(S(=O)(=O)c2cccc([N+](=O)[O-])c2)CC1)c1c(F)cccc1F. The van der Waals surface area contributed by atoms with Crippen LogP contribution in [-0.4, -0.2) is 60.4 Å². The molecule has 1 atom stereocenters. The lowest BCUT2D eigenvalue weighted by Crippen LogP contribution is -2.51. The van der Waals surface area contributed by atoms with Crippen LogP contribution in [0.25, 0.3) is 0 Å². The summed E-state index contributed by atoms with van der Waals surface area (Å²) in [5.41, 5.74) is -0.407. The number of nitrogens with zero attached hydrogens (tertiary/aromatic N) is 3. The minimum absolute atomic E-state index is 0.00737. The highest BCUT2D eigenvalue weighted by Gasteiger charge is 2.31. The highest BCUT2D eigenvalue weighted by Crippen LogP contribution is 2.32. The van der Waals surface area contributed by atoms with E-state index in [1.807, 2.05) is 0 Å². The molecule has 0 saturated carbocycles. The first-order chi connectivity index (χ1) is 15.1. The molecule has 0 spiro atoms. The number of nitro groups is 1. The molecule has 32 heavy (non-hydrogen) atoms. The number of benzene rings is 2. The van der Waals surface area contributed by atoms with Gasteiger partial charge in [-0.3, -0.25) is 14.9 Å². The molecule has 1 heterocycles. The van der Waals surface area contributed by atoms with E-state index >= 15 is 0 Å². The molecule has 1 unspecified atom stereocenters. The van der Waals surface area contributed by atoms with Gasteiger partial charge in [0.05, 0.1) is 15.6 Å². The van der Waals surface area contributed by atoms with E-state index < -0.39 is 31.8 Å². The number of hydrogen-bond donors (Lipinski definition) is 0. The Balaban J connectivity index is 1.57. The number of piperazine rings is 1. The predicted molar refractivity (Wildman–Crippen MR) is 116 cm³/mol. The number of carbonyl (C=O) groups is 1. The first-order valence-electron chi connectivity index (χ1n) is 9.69. The van der Waals surface area contributed by atoms with Crippen molar-refractivity contribution >= 4 is 33.4 Å². The summed E-state index contributed by atoms with van der Waals surface area (Å²) in [6.07, 6.45) is 0. The van der Waals surface area contributed by atoms with Gasteiger partial charge in [0.25, 0.3) is 5.69 Å². The molecule has 1 aliphatic heterocycles. The van der Waals surface area contributed by atoms with E-state index in [4.69, 9.17) is 0 Å². The van der Waals surface area contributed by atoms with Crippen LogP contribution < -0.4 is 0 Å². The van der Waals surface area contributed by atoms with Crippen LogP contribution in [0, 0.1) is 21.7 Å². The van der Waals surface area contributed by atoms with Crippen molar-refractivity contribution in [1.82, 2.24) is 9.21 Å². The molecule has 0 N–H and O–H groups in total. The van der Waals surface area contributed by atoms with Crippen molar-refractivity contribution in [2.75, 3.05) is 31.9 Å². The summed E-state index contributed by atoms with van der Waals surface area (Å²) in [6.45, 7) is 1.99. The van der Waals surface area contributed by atoms with E-state index in [1.165, 1.54) is 33.5 Å². The van der Waals surface area contributed by atoms with Crippen LogP contribution in [0.15, 0.2) is 47.4 Å². The lowest BCUT2D eigenvalue weighted by Gasteiger charge is -2.34. The van der Waals surface area contributed by atoms with Crippen LogP contribution in [0.4, 0.5) is 14.5 Å². The lowest BCUT2D eigenvalue weighted by molar-refractivity contribution is -0.385. The molecule has 0 aliphatic carbocycles. The van der Waals surface area contributed by atoms with Crippen LogP contribution in [-0.2, 0) is 14.8 Å². The number of nitro benzene ring substituents is 1. The standard InChI is InChI=1S/C20H21F2N3O5S2/c1-14(20-17(21)6-3-7-18(20)22)31-13-19(26)23-8-10-24(11-9-23)32(29,30)16-5-2-4-15(12-16)25(27)28/h2-7,12,14H,8-11,13H2,1H3. The Morgan fingerprint density at radius 2 is 1.72 bits per heavy atom. The molecule has 1 saturated heterocycles. The van der Waals surface area contributed by atoms with E-state index in [-0.39, 0.29) is 54.0 Å². The third kappa shape index (κ3) is 5.25. The quantitative estimate of drug-likeness (QED) is 0.441. The zero-order valence-corrected chi connectivity index (χ0v) is 18.7. The maximum Gasteiger partial charge on any atom is 0.270 e. The summed E-state index contributed by atoms with van der Waals surface area (Å²) in [7, 11) is -3.94. The predicted octanol–water partition coefficient (Wildman–Crippen LogP) is 3.20. The van der Waals surface area contributed by atoms with E-state index in [9.17, 15) is 32.1 Å². The number of amides is 1. The number of halogens is 2. The van der Waals surface area contributed by atoms with Gasteiger partial charge in [0.1, 0.15) is 11.6 Å². The average Bonchev–Trinajstić information content (AvgIpc) is 2.77. The Morgan fingerprint density at radius 1 is 1.12 bits per heavy atom. The van der Waals surface area contributed by atoms with E-state index in [2.05, 4.69) is 0 Å². The number of hydrogen-bond acceptors (Lipinski definition) is 6. The third-order valence-electron chi connectivity index (χ3n) is 5.12. The average molecular weight is 486 g/mol. The second-order valence-electron chi connectivity index (χ2n) is 7.13. The Morgan fingerprint density at radius 3 is 2.31 bits per heavy atom. The molecule has 1 amide bonds. The van der Waals surface area contributed by atoms with Crippen LogP contribution in [0.1, 0.15) is 17.7 Å². The van der Waals surface area contributed by atoms with E-state index in [1.54, 1.807) is 6.92 Å². The van der Waals surface area contributed by atoms with Crippen LogP contribution in [0.2, 0.25) is 0 Å². The van der Waals surface area contributed by atoms with E-state index in [0.717, 1.165) is 30.0 Å². The fraction of sp³-hybridized carbons (Fsp3) is 0.350. The zero-order valence-electron chi connectivity index (χ0n) is 17.1. The van der Waals surface area contributed by atoms with Gasteiger partial charge in [-0.15, -0.1) is 11.8 Å². The Hall–Kier alpha value is -2.57. The number of sulfonamides is 1. The van der Waals surface area contributed by atoms with Crippen molar-refractivity contribution < 1.29 is 26.9 Å². The molecule has 1 aliphatic rings. The molecular formula is C20H21F2N3O5S2. The van der Waals surface area contributed by atoms with Crippen molar-refractivity contribution in [2.45, 2.75) is 17.1 Å². The number of thioether (sulfide) groups is 1. The molecule has 0 aromatic heterocycles. The third-order valence-corrected chi connectivity index (χ3v) is 8.16. The van der Waals surface area contributed by atoms with Gasteiger partial charge < -0.3 is 4.90 Å². The minimum atomic E-state index is -3.94. The van der Waals surface area contributed by atoms with Crippen molar-refractivity contribution in [1.29, 1.82) is 0 Å². The van der Waals surface area contributed by atoms with Crippen molar-refractivity contribution in [2.24, 2.45) is 0 Å².